The fourth-order valence-corrected chi connectivity index (χ4v) is 1.47. The Bertz CT molecular complexity index is 345. The van der Waals surface area contributed by atoms with E-state index in [-0.39, 0.29) is 0 Å². The molecule has 0 aliphatic carbocycles. The van der Waals surface area contributed by atoms with Crippen molar-refractivity contribution in [1.29, 1.82) is 0 Å². The van der Waals surface area contributed by atoms with E-state index in [0.29, 0.717) is 4.36 Å². The van der Waals surface area contributed by atoms with Crippen LogP contribution in [0.3, 0.4) is 0 Å². The third-order valence-corrected chi connectivity index (χ3v) is 3.38. The summed E-state index contributed by atoms with van der Waals surface area (Å²) in [6, 6.07) is 7.63. The van der Waals surface area contributed by atoms with E-state index in [0.717, 1.165) is 10.0 Å². The van der Waals surface area contributed by atoms with Gasteiger partial charge in [0.15, 0.2) is 0 Å². The van der Waals surface area contributed by atoms with Crippen LogP contribution < -0.4 is 0 Å². The summed E-state index contributed by atoms with van der Waals surface area (Å²) in [7, 11) is -1.10. The Morgan fingerprint density at radius 3 is 2.46 bits per heavy atom. The van der Waals surface area contributed by atoms with Crippen molar-refractivity contribution in [3.63, 3.8) is 0 Å². The van der Waals surface area contributed by atoms with E-state index in [1.54, 1.807) is 12.3 Å². The summed E-state index contributed by atoms with van der Waals surface area (Å²) >= 11 is 9.07. The topological polar surface area (TPSA) is 17.1 Å². The van der Waals surface area contributed by atoms with Gasteiger partial charge in [-0.3, -0.25) is 4.21 Å². The van der Waals surface area contributed by atoms with E-state index in [9.17, 15) is 4.21 Å². The second kappa shape index (κ2) is 4.94. The van der Waals surface area contributed by atoms with Crippen molar-refractivity contribution in [2.75, 3.05) is 6.26 Å². The number of benzene rings is 1. The van der Waals surface area contributed by atoms with Gasteiger partial charge in [-0.05, 0) is 23.8 Å². The van der Waals surface area contributed by atoms with Crippen molar-refractivity contribution in [2.24, 2.45) is 0 Å². The predicted octanol–water partition coefficient (Wildman–Crippen LogP) is 3.36. The van der Waals surface area contributed by atoms with Gasteiger partial charge in [0.1, 0.15) is 4.36 Å². The summed E-state index contributed by atoms with van der Waals surface area (Å²) in [6.45, 7) is 0. The van der Waals surface area contributed by atoms with E-state index in [1.165, 1.54) is 0 Å². The summed E-state index contributed by atoms with van der Waals surface area (Å²) < 4.78 is 12.3. The van der Waals surface area contributed by atoms with Crippen molar-refractivity contribution < 1.29 is 4.21 Å². The monoisotopic (exact) mass is 278 g/mol. The normalized spacial score (nSPS) is 14.2. The molecule has 0 saturated carbocycles. The molecule has 0 spiro atoms. The lowest BCUT2D eigenvalue weighted by molar-refractivity contribution is 0.691. The van der Waals surface area contributed by atoms with Gasteiger partial charge in [-0.25, -0.2) is 0 Å². The molecule has 1 aromatic rings. The Kier molecular flexibility index (Phi) is 4.16. The van der Waals surface area contributed by atoms with Crippen LogP contribution in [0.4, 0.5) is 0 Å². The summed E-state index contributed by atoms with van der Waals surface area (Å²) in [5.41, 5.74) is 0.948. The van der Waals surface area contributed by atoms with Gasteiger partial charge >= 0.3 is 0 Å². The smallest absolute Gasteiger partial charge is 0.105 e. The van der Waals surface area contributed by atoms with Crippen LogP contribution in [0, 0.1) is 0 Å². The van der Waals surface area contributed by atoms with Crippen molar-refractivity contribution in [2.45, 2.75) is 0 Å². The van der Waals surface area contributed by atoms with Crippen molar-refractivity contribution in [3.05, 3.63) is 38.7 Å². The quantitative estimate of drug-likeness (QED) is 0.811. The minimum atomic E-state index is -1.10. The zero-order chi connectivity index (χ0) is 9.84. The molecule has 0 bridgehead atoms. The van der Waals surface area contributed by atoms with E-state index in [1.807, 2.05) is 24.3 Å². The lowest BCUT2D eigenvalue weighted by atomic mass is 10.2. The molecule has 0 heterocycles. The number of hydrogen-bond donors (Lipinski definition) is 0. The molecule has 4 heteroatoms. The van der Waals surface area contributed by atoms with E-state index >= 15 is 0 Å². The van der Waals surface area contributed by atoms with Gasteiger partial charge < -0.3 is 0 Å². The molecule has 0 aromatic heterocycles. The maximum absolute atomic E-state index is 10.9. The summed E-state index contributed by atoms with van der Waals surface area (Å²) in [5.74, 6) is 0. The van der Waals surface area contributed by atoms with Crippen LogP contribution in [0.5, 0.6) is 0 Å². The van der Waals surface area contributed by atoms with Gasteiger partial charge in [0, 0.05) is 10.7 Å². The molecule has 1 aromatic carbocycles. The van der Waals surface area contributed by atoms with Gasteiger partial charge in [0.25, 0.3) is 0 Å². The molecule has 1 atom stereocenters. The highest BCUT2D eigenvalue weighted by molar-refractivity contribution is 9.10. The molecule has 0 radical (unpaired) electrons. The molecule has 1 nitrogen and oxygen atoms in total. The number of hydrogen-bond acceptors (Lipinski definition) is 1. The molecule has 0 aliphatic heterocycles. The van der Waals surface area contributed by atoms with Crippen molar-refractivity contribution in [3.8, 4) is 0 Å². The van der Waals surface area contributed by atoms with E-state index in [4.69, 9.17) is 11.6 Å². The summed E-state index contributed by atoms with van der Waals surface area (Å²) in [6.07, 6.45) is 3.25. The highest BCUT2D eigenvalue weighted by Crippen LogP contribution is 2.15. The van der Waals surface area contributed by atoms with Gasteiger partial charge in [-0.1, -0.05) is 39.7 Å². The van der Waals surface area contributed by atoms with Crippen molar-refractivity contribution >= 4 is 44.4 Å². The Morgan fingerprint density at radius 2 is 2.00 bits per heavy atom. The van der Waals surface area contributed by atoms with Gasteiger partial charge in [0.2, 0.25) is 0 Å². The fraction of sp³-hybridized carbons (Fsp3) is 0.111. The largest absolute Gasteiger partial charge is 0.254 e. The molecule has 0 fully saturated rings. The van der Waals surface area contributed by atoms with Crippen LogP contribution in [0.2, 0.25) is 0 Å². The van der Waals surface area contributed by atoms with Crippen LogP contribution >= 0.6 is 27.5 Å². The predicted molar refractivity (Wildman–Crippen MR) is 62.0 cm³/mol. The first kappa shape index (κ1) is 11.0. The van der Waals surface area contributed by atoms with Crippen LogP contribution in [0.25, 0.3) is 6.08 Å². The minimum Gasteiger partial charge on any atom is -0.254 e. The van der Waals surface area contributed by atoms with Crippen molar-refractivity contribution in [1.82, 2.24) is 0 Å². The SMILES string of the molecule is C[S@@](=O)C(Cl)=Cc1ccc(Br)cc1. The minimum absolute atomic E-state index is 0.363. The lowest BCUT2D eigenvalue weighted by Gasteiger charge is -1.95. The molecule has 0 unspecified atom stereocenters. The molecular weight excluding hydrogens is 272 g/mol. The highest BCUT2D eigenvalue weighted by atomic mass is 79.9. The third kappa shape index (κ3) is 3.63. The second-order valence-electron chi connectivity index (χ2n) is 2.45. The number of halogens is 2. The average Bonchev–Trinajstić information content (AvgIpc) is 2.08. The summed E-state index contributed by atoms with van der Waals surface area (Å²) in [5, 5.41) is 0. The first-order valence-corrected chi connectivity index (χ1v) is 6.28. The van der Waals surface area contributed by atoms with Gasteiger partial charge in [0.05, 0.1) is 10.8 Å². The van der Waals surface area contributed by atoms with Crippen LogP contribution in [-0.2, 0) is 10.8 Å². The molecule has 0 saturated heterocycles. The second-order valence-corrected chi connectivity index (χ2v) is 5.35. The molecular formula is C9H8BrClOS. The molecule has 0 aliphatic rings. The lowest BCUT2D eigenvalue weighted by Crippen LogP contribution is -1.83. The maximum Gasteiger partial charge on any atom is 0.105 e. The van der Waals surface area contributed by atoms with Gasteiger partial charge in [-0.15, -0.1) is 0 Å². The van der Waals surface area contributed by atoms with E-state index < -0.39 is 10.8 Å². The van der Waals surface area contributed by atoms with E-state index in [2.05, 4.69) is 15.9 Å². The Balaban J connectivity index is 2.92. The van der Waals surface area contributed by atoms with Gasteiger partial charge in [-0.2, -0.15) is 0 Å². The standard InChI is InChI=1S/C9H8BrClOS/c1-13(12)9(11)6-7-2-4-8(10)5-3-7/h2-6H,1H3/t13-/m1/s1. The first-order chi connectivity index (χ1) is 6.09. The average molecular weight is 280 g/mol. The molecule has 1 rings (SSSR count). The highest BCUT2D eigenvalue weighted by Gasteiger charge is 1.97. The fourth-order valence-electron chi connectivity index (χ4n) is 0.773. The van der Waals surface area contributed by atoms with Crippen LogP contribution in [0.15, 0.2) is 33.1 Å². The summed E-state index contributed by atoms with van der Waals surface area (Å²) in [4.78, 5) is 0. The molecule has 0 N–H and O–H groups in total. The molecule has 70 valence electrons. The Labute approximate surface area is 93.4 Å². The van der Waals surface area contributed by atoms with Crippen LogP contribution in [-0.4, -0.2) is 10.5 Å². The number of rotatable bonds is 2. The molecule has 13 heavy (non-hydrogen) atoms. The van der Waals surface area contributed by atoms with Crippen LogP contribution in [0.1, 0.15) is 5.56 Å². The molecule has 0 amide bonds. The third-order valence-electron chi connectivity index (χ3n) is 1.42. The maximum atomic E-state index is 10.9. The Morgan fingerprint density at radius 1 is 1.46 bits per heavy atom. The first-order valence-electron chi connectivity index (χ1n) is 3.56. The zero-order valence-electron chi connectivity index (χ0n) is 6.96. The Hall–Kier alpha value is -0.120. The zero-order valence-corrected chi connectivity index (χ0v) is 10.1.